The van der Waals surface area contributed by atoms with Gasteiger partial charge < -0.3 is 0 Å². The average molecular weight is 424 g/mol. The number of pyridine rings is 1. The highest BCUT2D eigenvalue weighted by atomic mass is 35.5. The molecule has 1 aliphatic rings. The molecule has 0 bridgehead atoms. The molecule has 1 aliphatic carbocycles. The van der Waals surface area contributed by atoms with Crippen LogP contribution in [0.15, 0.2) is 17.2 Å². The number of alkyl halides is 3. The summed E-state index contributed by atoms with van der Waals surface area (Å²) in [5.74, 6) is -0.816. The summed E-state index contributed by atoms with van der Waals surface area (Å²) in [4.78, 5) is 4.35. The quantitative estimate of drug-likeness (QED) is 0.461. The predicted molar refractivity (Wildman–Crippen MR) is 91.0 cm³/mol. The van der Waals surface area contributed by atoms with Crippen LogP contribution < -0.4 is 4.72 Å². The molecule has 0 radical (unpaired) electrons. The van der Waals surface area contributed by atoms with Crippen molar-refractivity contribution in [1.82, 2.24) is 24.3 Å². The van der Waals surface area contributed by atoms with Crippen molar-refractivity contribution >= 4 is 40.4 Å². The van der Waals surface area contributed by atoms with Crippen LogP contribution >= 0.6 is 34.9 Å². The second-order valence-electron chi connectivity index (χ2n) is 5.83. The Morgan fingerprint density at radius 2 is 2.15 bits per heavy atom. The molecule has 5 nitrogen and oxygen atoms in total. The van der Waals surface area contributed by atoms with Gasteiger partial charge in [-0.2, -0.15) is 9.37 Å². The number of fused-ring (bicyclic) bond motifs is 1. The number of halogens is 5. The van der Waals surface area contributed by atoms with Crippen molar-refractivity contribution in [1.29, 1.82) is 0 Å². The number of aromatic nitrogens is 4. The molecule has 12 heteroatoms. The second-order valence-corrected chi connectivity index (χ2v) is 8.13. The maximum absolute atomic E-state index is 14.2. The van der Waals surface area contributed by atoms with Crippen LogP contribution in [0.2, 0.25) is 5.02 Å². The van der Waals surface area contributed by atoms with Crippen molar-refractivity contribution in [3.8, 4) is 10.8 Å². The van der Waals surface area contributed by atoms with Crippen molar-refractivity contribution in [2.45, 2.75) is 29.7 Å². The Balaban J connectivity index is 1.73. The van der Waals surface area contributed by atoms with Gasteiger partial charge >= 0.3 is 0 Å². The van der Waals surface area contributed by atoms with Crippen LogP contribution in [-0.2, 0) is 0 Å². The van der Waals surface area contributed by atoms with Crippen molar-refractivity contribution in [2.24, 2.45) is 0 Å². The third-order valence-corrected chi connectivity index (χ3v) is 6.14. The zero-order valence-corrected chi connectivity index (χ0v) is 15.2. The monoisotopic (exact) mass is 423 g/mol. The lowest BCUT2D eigenvalue weighted by Gasteiger charge is -2.12. The summed E-state index contributed by atoms with van der Waals surface area (Å²) >= 11 is 7.95. The Morgan fingerprint density at radius 1 is 1.38 bits per heavy atom. The van der Waals surface area contributed by atoms with Gasteiger partial charge in [0.2, 0.25) is 5.95 Å². The fraction of sp³-hybridized carbons (Fsp3) is 0.357. The molecular weight excluding hydrogens is 414 g/mol. The summed E-state index contributed by atoms with van der Waals surface area (Å²) in [5, 5.41) is 6.72. The summed E-state index contributed by atoms with van der Waals surface area (Å²) in [7, 11) is 0. The van der Waals surface area contributed by atoms with E-state index in [4.69, 9.17) is 11.6 Å². The Hall–Kier alpha value is -1.43. The lowest BCUT2D eigenvalue weighted by Crippen LogP contribution is -2.27. The number of nitrogens with zero attached hydrogens (tertiary/aromatic N) is 4. The molecule has 3 aromatic heterocycles. The van der Waals surface area contributed by atoms with E-state index in [1.165, 1.54) is 22.4 Å². The van der Waals surface area contributed by atoms with Crippen molar-refractivity contribution < 1.29 is 17.6 Å². The highest BCUT2D eigenvalue weighted by Gasteiger charge is 2.43. The van der Waals surface area contributed by atoms with Crippen LogP contribution in [0.4, 0.5) is 17.6 Å². The van der Waals surface area contributed by atoms with E-state index in [1.807, 2.05) is 0 Å². The van der Waals surface area contributed by atoms with Crippen molar-refractivity contribution in [2.75, 3.05) is 6.67 Å². The van der Waals surface area contributed by atoms with Gasteiger partial charge in [0.15, 0.2) is 15.8 Å². The number of rotatable bonds is 6. The zero-order chi connectivity index (χ0) is 18.5. The molecule has 0 atom stereocenters. The fourth-order valence-corrected chi connectivity index (χ4v) is 4.27. The summed E-state index contributed by atoms with van der Waals surface area (Å²) in [6.45, 7) is -0.484. The van der Waals surface area contributed by atoms with Crippen LogP contribution in [0.1, 0.15) is 24.3 Å². The van der Waals surface area contributed by atoms with E-state index in [0.717, 1.165) is 12.8 Å². The molecule has 0 spiro atoms. The van der Waals surface area contributed by atoms with Gasteiger partial charge in [0.05, 0.1) is 10.6 Å². The van der Waals surface area contributed by atoms with Gasteiger partial charge in [0, 0.05) is 11.1 Å². The number of imidazole rings is 1. The first-order valence-corrected chi connectivity index (χ1v) is 9.42. The summed E-state index contributed by atoms with van der Waals surface area (Å²) in [5.41, 5.74) is -0.521. The molecule has 1 saturated carbocycles. The minimum Gasteiger partial charge on any atom is -0.292 e. The predicted octanol–water partition coefficient (Wildman–Crippen LogP) is 4.68. The molecule has 3 aromatic rings. The first kappa shape index (κ1) is 18.0. The van der Waals surface area contributed by atoms with Crippen LogP contribution in [0.5, 0.6) is 0 Å². The first-order chi connectivity index (χ1) is 12.4. The van der Waals surface area contributed by atoms with Gasteiger partial charge in [-0.15, -0.1) is 10.2 Å². The van der Waals surface area contributed by atoms with Crippen LogP contribution in [0.25, 0.3) is 16.3 Å². The van der Waals surface area contributed by atoms with Gasteiger partial charge in [-0.05, 0) is 30.9 Å². The fourth-order valence-electron chi connectivity index (χ4n) is 2.30. The van der Waals surface area contributed by atoms with Crippen molar-refractivity contribution in [3.63, 3.8) is 0 Å². The van der Waals surface area contributed by atoms with Gasteiger partial charge in [-0.25, -0.2) is 13.2 Å². The van der Waals surface area contributed by atoms with Gasteiger partial charge in [0.1, 0.15) is 12.2 Å². The summed E-state index contributed by atoms with van der Waals surface area (Å²) < 4.78 is 57.1. The average Bonchev–Trinajstić information content (AvgIpc) is 3.07. The maximum atomic E-state index is 14.2. The third-order valence-electron chi connectivity index (χ3n) is 3.93. The molecule has 26 heavy (non-hydrogen) atoms. The largest absolute Gasteiger partial charge is 0.292 e. The lowest BCUT2D eigenvalue weighted by molar-refractivity contribution is 0.150. The van der Waals surface area contributed by atoms with E-state index in [0.29, 0.717) is 16.2 Å². The molecule has 4 rings (SSSR count). The lowest BCUT2D eigenvalue weighted by atomic mass is 10.3. The molecule has 3 heterocycles. The summed E-state index contributed by atoms with van der Waals surface area (Å²) in [6.07, 6.45) is 0.242. The molecule has 0 aromatic carbocycles. The Kier molecular flexibility index (Phi) is 4.58. The van der Waals surface area contributed by atoms with E-state index in [9.17, 15) is 17.6 Å². The van der Waals surface area contributed by atoms with E-state index < -0.39 is 29.6 Å². The van der Waals surface area contributed by atoms with Gasteiger partial charge in [0.25, 0.3) is 6.43 Å². The second kappa shape index (κ2) is 6.63. The third kappa shape index (κ3) is 3.17. The number of nitrogens with one attached hydrogen (secondary N) is 1. The van der Waals surface area contributed by atoms with Crippen LogP contribution in [0, 0.1) is 5.95 Å². The maximum Gasteiger partial charge on any atom is 0.291 e. The molecule has 138 valence electrons. The number of hydrogen-bond acceptors (Lipinski definition) is 6. The molecule has 0 saturated heterocycles. The highest BCUT2D eigenvalue weighted by Crippen LogP contribution is 2.39. The molecule has 0 amide bonds. The molecule has 1 fully saturated rings. The first-order valence-electron chi connectivity index (χ1n) is 7.41. The zero-order valence-electron chi connectivity index (χ0n) is 12.8. The summed E-state index contributed by atoms with van der Waals surface area (Å²) in [6, 6.07) is 1.53. The smallest absolute Gasteiger partial charge is 0.291 e. The van der Waals surface area contributed by atoms with Gasteiger partial charge in [-0.1, -0.05) is 22.9 Å². The highest BCUT2D eigenvalue weighted by molar-refractivity contribution is 7.97. The topological polar surface area (TPSA) is 55.1 Å². The van der Waals surface area contributed by atoms with Crippen LogP contribution in [0.3, 0.4) is 0 Å². The Bertz CT molecular complexity index is 972. The Labute approximate surface area is 157 Å². The Morgan fingerprint density at radius 3 is 2.77 bits per heavy atom. The van der Waals surface area contributed by atoms with E-state index >= 15 is 0 Å². The standard InChI is InChI=1S/C14H10ClF4N5S2/c15-7-3-6(26-23-14(5-16)1-2-14)4-24-8(7)10(19)20-11(24)13-22-21-12(25-13)9(17)18/h3-4,9,23H,1-2,5H2. The minimum atomic E-state index is -2.77. The van der Waals surface area contributed by atoms with Gasteiger partial charge in [-0.3, -0.25) is 9.12 Å². The molecular formula is C14H10ClF4N5S2. The SMILES string of the molecule is FCC1(NSc2cc(Cl)c3c(F)nc(-c4nnc(C(F)F)s4)n3c2)CC1. The molecule has 0 unspecified atom stereocenters. The normalized spacial score (nSPS) is 15.9. The van der Waals surface area contributed by atoms with Crippen LogP contribution in [-0.4, -0.2) is 31.8 Å². The van der Waals surface area contributed by atoms with E-state index in [-0.39, 0.29) is 21.4 Å². The molecule has 0 aliphatic heterocycles. The number of hydrogen-bond donors (Lipinski definition) is 1. The van der Waals surface area contributed by atoms with Crippen molar-refractivity contribution in [3.05, 3.63) is 28.2 Å². The minimum absolute atomic E-state index is 0.00596. The van der Waals surface area contributed by atoms with E-state index in [1.54, 1.807) is 6.20 Å². The molecule has 1 N–H and O–H groups in total. The van der Waals surface area contributed by atoms with E-state index in [2.05, 4.69) is 19.9 Å².